The molecule has 1 unspecified atom stereocenters. The molecule has 0 bridgehead atoms. The second-order valence-electron chi connectivity index (χ2n) is 4.57. The van der Waals surface area contributed by atoms with Gasteiger partial charge >= 0.3 is 0 Å². The van der Waals surface area contributed by atoms with Crippen molar-refractivity contribution >= 4 is 33.3 Å². The molecule has 0 heterocycles. The lowest BCUT2D eigenvalue weighted by Crippen LogP contribution is -2.25. The van der Waals surface area contributed by atoms with Crippen LogP contribution in [0.25, 0.3) is 0 Å². The average molecular weight is 356 g/mol. The highest BCUT2D eigenvalue weighted by Crippen LogP contribution is 2.30. The van der Waals surface area contributed by atoms with Gasteiger partial charge in [-0.05, 0) is 12.5 Å². The zero-order chi connectivity index (χ0) is 14.4. The molecule has 0 saturated heterocycles. The molecule has 1 aromatic carbocycles. The third kappa shape index (κ3) is 4.05. The van der Waals surface area contributed by atoms with Gasteiger partial charge < -0.3 is 4.74 Å². The number of alkyl halides is 2. The molecule has 0 aromatic heterocycles. The van der Waals surface area contributed by atoms with Crippen LogP contribution in [0.15, 0.2) is 54.1 Å². The van der Waals surface area contributed by atoms with E-state index in [1.165, 1.54) is 0 Å². The first-order valence-electron chi connectivity index (χ1n) is 6.53. The summed E-state index contributed by atoms with van der Waals surface area (Å²) in [5.41, 5.74) is 1.35. The topological polar surface area (TPSA) is 26.3 Å². The fourth-order valence-corrected chi connectivity index (χ4v) is 2.37. The summed E-state index contributed by atoms with van der Waals surface area (Å²) in [6.45, 7) is 0.592. The van der Waals surface area contributed by atoms with Crippen molar-refractivity contribution < 1.29 is 9.53 Å². The quantitative estimate of drug-likeness (QED) is 0.427. The van der Waals surface area contributed by atoms with Gasteiger partial charge in [-0.1, -0.05) is 70.0 Å². The van der Waals surface area contributed by atoms with Crippen LogP contribution >= 0.6 is 27.5 Å². The van der Waals surface area contributed by atoms with Gasteiger partial charge in [-0.3, -0.25) is 4.79 Å². The maximum absolute atomic E-state index is 12.3. The van der Waals surface area contributed by atoms with E-state index in [4.69, 9.17) is 16.3 Å². The summed E-state index contributed by atoms with van der Waals surface area (Å²) in [6.07, 6.45) is 6.76. The molecule has 1 atom stereocenters. The summed E-state index contributed by atoms with van der Waals surface area (Å²) < 4.78 is 5.64. The van der Waals surface area contributed by atoms with Crippen LogP contribution in [0.4, 0.5) is 0 Å². The minimum absolute atomic E-state index is 0.0148. The van der Waals surface area contributed by atoms with E-state index in [9.17, 15) is 4.79 Å². The van der Waals surface area contributed by atoms with Gasteiger partial charge in [0, 0.05) is 22.9 Å². The van der Waals surface area contributed by atoms with E-state index in [0.29, 0.717) is 24.2 Å². The molecule has 1 aliphatic rings. The maximum atomic E-state index is 12.3. The standard InChI is InChI=1S/C16H16BrClO2/c17-11-4-12-20-16(18)9-7-14(8-10-16)15(19)13-5-2-1-3-6-13/h1-3,5-9H,4,10-12H2. The van der Waals surface area contributed by atoms with E-state index in [1.54, 1.807) is 12.2 Å². The van der Waals surface area contributed by atoms with E-state index >= 15 is 0 Å². The van der Waals surface area contributed by atoms with E-state index < -0.39 is 5.06 Å². The minimum atomic E-state index is -0.817. The lowest BCUT2D eigenvalue weighted by molar-refractivity contribution is 0.0557. The number of ketones is 1. The smallest absolute Gasteiger partial charge is 0.192 e. The fourth-order valence-electron chi connectivity index (χ4n) is 1.93. The summed E-state index contributed by atoms with van der Waals surface area (Å²) in [5, 5.41) is 0.0693. The van der Waals surface area contributed by atoms with Crippen LogP contribution in [-0.4, -0.2) is 22.8 Å². The molecule has 0 spiro atoms. The second kappa shape index (κ2) is 7.21. The van der Waals surface area contributed by atoms with Gasteiger partial charge in [0.2, 0.25) is 0 Å². The van der Waals surface area contributed by atoms with Crippen LogP contribution in [0.1, 0.15) is 23.2 Å². The van der Waals surface area contributed by atoms with Gasteiger partial charge in [0.05, 0.1) is 6.61 Å². The molecule has 106 valence electrons. The maximum Gasteiger partial charge on any atom is 0.192 e. The Labute approximate surface area is 132 Å². The van der Waals surface area contributed by atoms with Crippen molar-refractivity contribution in [2.75, 3.05) is 11.9 Å². The minimum Gasteiger partial charge on any atom is -0.356 e. The highest BCUT2D eigenvalue weighted by molar-refractivity contribution is 9.09. The highest BCUT2D eigenvalue weighted by atomic mass is 79.9. The summed E-state index contributed by atoms with van der Waals surface area (Å²) >= 11 is 9.70. The van der Waals surface area contributed by atoms with E-state index in [2.05, 4.69) is 15.9 Å². The average Bonchev–Trinajstić information content (AvgIpc) is 2.48. The molecule has 1 aliphatic carbocycles. The van der Waals surface area contributed by atoms with Gasteiger partial charge in [0.25, 0.3) is 0 Å². The number of rotatable bonds is 6. The normalized spacial score (nSPS) is 21.6. The number of allylic oxidation sites excluding steroid dienone is 2. The van der Waals surface area contributed by atoms with E-state index in [1.807, 2.05) is 36.4 Å². The summed E-state index contributed by atoms with van der Waals surface area (Å²) in [7, 11) is 0. The van der Waals surface area contributed by atoms with Crippen LogP contribution in [0.2, 0.25) is 0 Å². The van der Waals surface area contributed by atoms with Crippen LogP contribution in [0.5, 0.6) is 0 Å². The number of hydrogen-bond acceptors (Lipinski definition) is 2. The second-order valence-corrected chi connectivity index (χ2v) is 6.00. The van der Waals surface area contributed by atoms with Crippen molar-refractivity contribution in [3.8, 4) is 0 Å². The Morgan fingerprint density at radius 2 is 2.10 bits per heavy atom. The van der Waals surface area contributed by atoms with Crippen LogP contribution in [0, 0.1) is 0 Å². The van der Waals surface area contributed by atoms with Crippen molar-refractivity contribution in [1.29, 1.82) is 0 Å². The first-order chi connectivity index (χ1) is 9.64. The van der Waals surface area contributed by atoms with Gasteiger partial charge in [0.1, 0.15) is 0 Å². The monoisotopic (exact) mass is 354 g/mol. The molecule has 1 aromatic rings. The lowest BCUT2D eigenvalue weighted by atomic mass is 9.97. The van der Waals surface area contributed by atoms with Crippen molar-refractivity contribution in [3.63, 3.8) is 0 Å². The zero-order valence-corrected chi connectivity index (χ0v) is 13.4. The molecule has 2 rings (SSSR count). The molecular weight excluding hydrogens is 340 g/mol. The molecule has 20 heavy (non-hydrogen) atoms. The van der Waals surface area contributed by atoms with Crippen molar-refractivity contribution in [1.82, 2.24) is 0 Å². The molecule has 4 heteroatoms. The SMILES string of the molecule is O=C(C1=CCC(Cl)(OCCCBr)C=C1)c1ccccc1. The molecule has 0 N–H and O–H groups in total. The number of halogens is 2. The molecule has 0 fully saturated rings. The number of hydrogen-bond donors (Lipinski definition) is 0. The van der Waals surface area contributed by atoms with E-state index in [0.717, 1.165) is 11.8 Å². The van der Waals surface area contributed by atoms with Crippen molar-refractivity contribution in [3.05, 3.63) is 59.7 Å². The number of ether oxygens (including phenoxy) is 1. The van der Waals surface area contributed by atoms with Crippen molar-refractivity contribution in [2.24, 2.45) is 0 Å². The first kappa shape index (κ1) is 15.5. The Morgan fingerprint density at radius 1 is 1.35 bits per heavy atom. The predicted octanol–water partition coefficient (Wildman–Crippen LogP) is 4.49. The molecule has 0 amide bonds. The predicted molar refractivity (Wildman–Crippen MR) is 85.6 cm³/mol. The van der Waals surface area contributed by atoms with Crippen LogP contribution in [0.3, 0.4) is 0 Å². The molecule has 0 saturated carbocycles. The summed E-state index contributed by atoms with van der Waals surface area (Å²) in [5.74, 6) is 0.0148. The number of benzene rings is 1. The zero-order valence-electron chi connectivity index (χ0n) is 11.0. The lowest BCUT2D eigenvalue weighted by Gasteiger charge is -2.25. The Balaban J connectivity index is 1.99. The van der Waals surface area contributed by atoms with Gasteiger partial charge in [-0.25, -0.2) is 0 Å². The van der Waals surface area contributed by atoms with E-state index in [-0.39, 0.29) is 5.78 Å². The van der Waals surface area contributed by atoms with Gasteiger partial charge in [0.15, 0.2) is 10.8 Å². The Bertz CT molecular complexity index is 525. The molecule has 2 nitrogen and oxygen atoms in total. The Kier molecular flexibility index (Phi) is 5.58. The fraction of sp³-hybridized carbons (Fsp3) is 0.312. The first-order valence-corrected chi connectivity index (χ1v) is 8.02. The third-order valence-electron chi connectivity index (χ3n) is 3.03. The van der Waals surface area contributed by atoms with Gasteiger partial charge in [-0.2, -0.15) is 0 Å². The van der Waals surface area contributed by atoms with Crippen LogP contribution < -0.4 is 0 Å². The molecule has 0 radical (unpaired) electrons. The number of carbonyl (C=O) groups excluding carboxylic acids is 1. The van der Waals surface area contributed by atoms with Crippen molar-refractivity contribution in [2.45, 2.75) is 17.9 Å². The largest absolute Gasteiger partial charge is 0.356 e. The Hall–Kier alpha value is -0.900. The molecule has 0 aliphatic heterocycles. The highest BCUT2D eigenvalue weighted by Gasteiger charge is 2.27. The number of Topliss-reactive ketones (excluding diaryl/α,β-unsaturated/α-hetero) is 1. The summed E-state index contributed by atoms with van der Waals surface area (Å²) in [6, 6.07) is 9.23. The third-order valence-corrected chi connectivity index (χ3v) is 3.98. The Morgan fingerprint density at radius 3 is 2.70 bits per heavy atom. The van der Waals surface area contributed by atoms with Crippen LogP contribution in [-0.2, 0) is 4.74 Å². The number of carbonyl (C=O) groups is 1. The molecular formula is C16H16BrClO2. The summed E-state index contributed by atoms with van der Waals surface area (Å²) in [4.78, 5) is 12.3. The van der Waals surface area contributed by atoms with Gasteiger partial charge in [-0.15, -0.1) is 0 Å².